The van der Waals surface area contributed by atoms with Gasteiger partial charge in [-0.15, -0.1) is 6.58 Å². The number of likely N-dealkylation sites (N-methyl/N-ethyl adjacent to an activating group) is 1. The van der Waals surface area contributed by atoms with Crippen molar-refractivity contribution in [1.29, 1.82) is 0 Å². The zero-order valence-electron chi connectivity index (χ0n) is 18.2. The van der Waals surface area contributed by atoms with Gasteiger partial charge in [0, 0.05) is 25.8 Å². The Morgan fingerprint density at radius 2 is 1.86 bits per heavy atom. The van der Waals surface area contributed by atoms with Crippen molar-refractivity contribution in [3.05, 3.63) is 36.9 Å². The first-order chi connectivity index (χ1) is 13.5. The first kappa shape index (κ1) is 24.4. The number of hydrogen-bond acceptors (Lipinski definition) is 3. The Morgan fingerprint density at radius 3 is 2.50 bits per heavy atom. The molecule has 1 unspecified atom stereocenters. The van der Waals surface area contributed by atoms with Crippen molar-refractivity contribution in [3.63, 3.8) is 0 Å². The summed E-state index contributed by atoms with van der Waals surface area (Å²) in [5.74, 6) is 1.54. The van der Waals surface area contributed by atoms with Gasteiger partial charge in [0.05, 0.1) is 6.61 Å². The van der Waals surface area contributed by atoms with Gasteiger partial charge in [-0.25, -0.2) is 0 Å². The van der Waals surface area contributed by atoms with E-state index in [1.54, 1.807) is 0 Å². The highest BCUT2D eigenvalue weighted by Crippen LogP contribution is 2.19. The summed E-state index contributed by atoms with van der Waals surface area (Å²) in [5, 5.41) is 4.09. The number of ether oxygens (including phenoxy) is 1. The Hall–Kier alpha value is -1.59. The summed E-state index contributed by atoms with van der Waals surface area (Å²) < 4.78 is 5.87. The van der Waals surface area contributed by atoms with E-state index in [0.29, 0.717) is 5.92 Å². The molecule has 158 valence electrons. The lowest BCUT2D eigenvalue weighted by molar-refractivity contribution is 0.300. The summed E-state index contributed by atoms with van der Waals surface area (Å²) in [5.41, 5.74) is 1.07. The van der Waals surface area contributed by atoms with Crippen LogP contribution in [0, 0.1) is 5.92 Å². The molecule has 4 nitrogen and oxygen atoms in total. The molecule has 5 heteroatoms. The van der Waals surface area contributed by atoms with Gasteiger partial charge in [0.15, 0.2) is 5.11 Å². The fourth-order valence-electron chi connectivity index (χ4n) is 2.75. The molecule has 0 radical (unpaired) electrons. The molecule has 0 spiro atoms. The second-order valence-corrected chi connectivity index (χ2v) is 7.95. The molecule has 0 amide bonds. The van der Waals surface area contributed by atoms with Crippen LogP contribution < -0.4 is 15.0 Å². The van der Waals surface area contributed by atoms with Crippen molar-refractivity contribution in [2.45, 2.75) is 46.0 Å². The third-order valence-corrected chi connectivity index (χ3v) is 5.39. The van der Waals surface area contributed by atoms with Crippen LogP contribution in [0.25, 0.3) is 0 Å². The number of rotatable bonds is 14. The van der Waals surface area contributed by atoms with Crippen LogP contribution in [-0.2, 0) is 0 Å². The molecular weight excluding hydrogens is 366 g/mol. The van der Waals surface area contributed by atoms with Gasteiger partial charge in [-0.05, 0) is 68.8 Å². The van der Waals surface area contributed by atoms with E-state index in [9.17, 15) is 0 Å². The van der Waals surface area contributed by atoms with E-state index >= 15 is 0 Å². The maximum atomic E-state index is 5.87. The number of hydrogen-bond donors (Lipinski definition) is 1. The van der Waals surface area contributed by atoms with Crippen LogP contribution in [0.15, 0.2) is 36.9 Å². The van der Waals surface area contributed by atoms with Gasteiger partial charge < -0.3 is 19.9 Å². The fraction of sp³-hybridized carbons (Fsp3) is 0.609. The van der Waals surface area contributed by atoms with Crippen molar-refractivity contribution < 1.29 is 4.74 Å². The molecule has 0 saturated carbocycles. The lowest BCUT2D eigenvalue weighted by atomic mass is 10.1. The molecule has 0 saturated heterocycles. The lowest BCUT2D eigenvalue weighted by Gasteiger charge is -2.22. The molecule has 0 aliphatic heterocycles. The van der Waals surface area contributed by atoms with Crippen molar-refractivity contribution in [1.82, 2.24) is 10.2 Å². The van der Waals surface area contributed by atoms with Gasteiger partial charge in [-0.1, -0.05) is 39.2 Å². The summed E-state index contributed by atoms with van der Waals surface area (Å²) in [6.07, 6.45) is 7.88. The molecule has 0 aromatic heterocycles. The van der Waals surface area contributed by atoms with E-state index in [2.05, 4.69) is 49.8 Å². The fourth-order valence-corrected chi connectivity index (χ4v) is 2.94. The second kappa shape index (κ2) is 14.4. The largest absolute Gasteiger partial charge is 0.494 e. The lowest BCUT2D eigenvalue weighted by Crippen LogP contribution is -2.39. The topological polar surface area (TPSA) is 27.7 Å². The summed E-state index contributed by atoms with van der Waals surface area (Å²) in [4.78, 5) is 4.30. The van der Waals surface area contributed by atoms with Gasteiger partial charge in [0.2, 0.25) is 0 Å². The highest BCUT2D eigenvalue weighted by molar-refractivity contribution is 7.80. The number of unbranched alkanes of at least 4 members (excludes halogenated alkanes) is 3. The maximum Gasteiger partial charge on any atom is 0.173 e. The zero-order valence-corrected chi connectivity index (χ0v) is 19.1. The van der Waals surface area contributed by atoms with Crippen LogP contribution in [0.4, 0.5) is 5.69 Å². The first-order valence-electron chi connectivity index (χ1n) is 10.5. The molecule has 1 atom stereocenters. The molecule has 1 rings (SSSR count). The summed E-state index contributed by atoms with van der Waals surface area (Å²) >= 11 is 5.48. The smallest absolute Gasteiger partial charge is 0.173 e. The van der Waals surface area contributed by atoms with Crippen LogP contribution in [0.1, 0.15) is 46.0 Å². The molecule has 1 N–H and O–H groups in total. The molecule has 0 fully saturated rings. The van der Waals surface area contributed by atoms with Gasteiger partial charge in [0.1, 0.15) is 5.75 Å². The van der Waals surface area contributed by atoms with E-state index in [-0.39, 0.29) is 0 Å². The Bertz CT molecular complexity index is 561. The molecule has 0 aliphatic rings. The Labute approximate surface area is 177 Å². The second-order valence-electron chi connectivity index (χ2n) is 7.57. The normalized spacial score (nSPS) is 11.9. The molecule has 1 aromatic carbocycles. The van der Waals surface area contributed by atoms with E-state index in [4.69, 9.17) is 17.0 Å². The monoisotopic (exact) mass is 405 g/mol. The van der Waals surface area contributed by atoms with Gasteiger partial charge in [-0.2, -0.15) is 0 Å². The molecule has 0 heterocycles. The standard InChI is InChI=1S/C23H39N3OS/c1-6-16-25(4)17-10-8-9-11-18-27-22-14-12-21(13-15-22)26(5)23(28)24-19-20(3)7-2/h6,12-15,20H,1,7-11,16-19H2,2-5H3,(H,24,28). The minimum absolute atomic E-state index is 0.621. The van der Waals surface area contributed by atoms with Crippen molar-refractivity contribution >= 4 is 23.0 Å². The van der Waals surface area contributed by atoms with E-state index < -0.39 is 0 Å². The Morgan fingerprint density at radius 1 is 1.18 bits per heavy atom. The van der Waals surface area contributed by atoms with Gasteiger partial charge >= 0.3 is 0 Å². The molecular formula is C23H39N3OS. The summed E-state index contributed by atoms with van der Waals surface area (Å²) in [7, 11) is 4.13. The quantitative estimate of drug-likeness (QED) is 0.264. The van der Waals surface area contributed by atoms with E-state index in [1.807, 2.05) is 30.2 Å². The number of nitrogens with zero attached hydrogens (tertiary/aromatic N) is 2. The predicted octanol–water partition coefficient (Wildman–Crippen LogP) is 5.10. The minimum Gasteiger partial charge on any atom is -0.494 e. The predicted molar refractivity (Wildman–Crippen MR) is 127 cm³/mol. The number of anilines is 1. The number of nitrogens with one attached hydrogen (secondary N) is 1. The summed E-state index contributed by atoms with van der Waals surface area (Å²) in [6.45, 7) is 12.0. The van der Waals surface area contributed by atoms with Crippen molar-refractivity contribution in [3.8, 4) is 5.75 Å². The Balaban J connectivity index is 2.23. The highest BCUT2D eigenvalue weighted by Gasteiger charge is 2.08. The van der Waals surface area contributed by atoms with E-state index in [0.717, 1.165) is 55.6 Å². The number of benzene rings is 1. The minimum atomic E-state index is 0.621. The number of thiocarbonyl (C=S) groups is 1. The van der Waals surface area contributed by atoms with Crippen molar-refractivity contribution in [2.75, 3.05) is 45.2 Å². The van der Waals surface area contributed by atoms with Crippen LogP contribution in [0.5, 0.6) is 5.75 Å². The van der Waals surface area contributed by atoms with Crippen LogP contribution >= 0.6 is 12.2 Å². The zero-order chi connectivity index (χ0) is 20.8. The SMILES string of the molecule is C=CCN(C)CCCCCCOc1ccc(N(C)C(=S)NCC(C)CC)cc1. The van der Waals surface area contributed by atoms with Crippen molar-refractivity contribution in [2.24, 2.45) is 5.92 Å². The van der Waals surface area contributed by atoms with Crippen LogP contribution in [-0.4, -0.2) is 50.3 Å². The van der Waals surface area contributed by atoms with Crippen LogP contribution in [0.2, 0.25) is 0 Å². The molecule has 0 bridgehead atoms. The summed E-state index contributed by atoms with van der Waals surface area (Å²) in [6, 6.07) is 8.16. The molecule has 1 aromatic rings. The average Bonchev–Trinajstić information content (AvgIpc) is 2.71. The Kier molecular flexibility index (Phi) is 12.6. The average molecular weight is 406 g/mol. The van der Waals surface area contributed by atoms with Crippen LogP contribution in [0.3, 0.4) is 0 Å². The molecule has 28 heavy (non-hydrogen) atoms. The van der Waals surface area contributed by atoms with Gasteiger partial charge in [-0.3, -0.25) is 0 Å². The third-order valence-electron chi connectivity index (χ3n) is 4.97. The third kappa shape index (κ3) is 10.1. The molecule has 0 aliphatic carbocycles. The first-order valence-corrected chi connectivity index (χ1v) is 10.9. The van der Waals surface area contributed by atoms with Gasteiger partial charge in [0.25, 0.3) is 0 Å². The maximum absolute atomic E-state index is 5.87. The van der Waals surface area contributed by atoms with E-state index in [1.165, 1.54) is 19.3 Å². The highest BCUT2D eigenvalue weighted by atomic mass is 32.1.